The lowest BCUT2D eigenvalue weighted by Crippen LogP contribution is -2.15. The van der Waals surface area contributed by atoms with Crippen molar-refractivity contribution in [2.24, 2.45) is 0 Å². The van der Waals surface area contributed by atoms with Crippen molar-refractivity contribution in [3.05, 3.63) is 63.2 Å². The maximum Gasteiger partial charge on any atom is 0.288 e. The lowest BCUT2D eigenvalue weighted by atomic mass is 10.1. The molecule has 0 saturated carbocycles. The van der Waals surface area contributed by atoms with E-state index in [0.717, 1.165) is 6.07 Å². The zero-order valence-corrected chi connectivity index (χ0v) is 12.8. The first kappa shape index (κ1) is 16.4. The van der Waals surface area contributed by atoms with E-state index in [0.29, 0.717) is 11.4 Å². The molecule has 2 amide bonds. The molecule has 0 aliphatic carbocycles. The van der Waals surface area contributed by atoms with Crippen LogP contribution in [0.15, 0.2) is 42.5 Å². The van der Waals surface area contributed by atoms with Crippen molar-refractivity contribution in [3.63, 3.8) is 0 Å². The number of hydrogen-bond acceptors (Lipinski definition) is 4. The van der Waals surface area contributed by atoms with Gasteiger partial charge >= 0.3 is 0 Å². The molecule has 0 unspecified atom stereocenters. The molecule has 0 radical (unpaired) electrons. The number of nitrogens with one attached hydrogen (secondary N) is 2. The fourth-order valence-electron chi connectivity index (χ4n) is 1.88. The number of hydrogen-bond donors (Lipinski definition) is 2. The molecule has 118 valence electrons. The first-order chi connectivity index (χ1) is 10.9. The predicted octanol–water partition coefficient (Wildman–Crippen LogP) is 3.46. The average Bonchev–Trinajstić information content (AvgIpc) is 2.48. The highest BCUT2D eigenvalue weighted by Crippen LogP contribution is 2.26. The van der Waals surface area contributed by atoms with Gasteiger partial charge in [0, 0.05) is 18.6 Å². The van der Waals surface area contributed by atoms with Crippen LogP contribution in [0.3, 0.4) is 0 Å². The van der Waals surface area contributed by atoms with E-state index in [4.69, 9.17) is 11.6 Å². The van der Waals surface area contributed by atoms with Crippen molar-refractivity contribution in [2.45, 2.75) is 6.92 Å². The summed E-state index contributed by atoms with van der Waals surface area (Å²) in [5.74, 6) is -0.837. The molecule has 0 atom stereocenters. The van der Waals surface area contributed by atoms with Gasteiger partial charge in [0.15, 0.2) is 0 Å². The van der Waals surface area contributed by atoms with E-state index in [-0.39, 0.29) is 22.2 Å². The molecule has 7 nitrogen and oxygen atoms in total. The Kier molecular flexibility index (Phi) is 4.92. The van der Waals surface area contributed by atoms with E-state index < -0.39 is 10.8 Å². The van der Waals surface area contributed by atoms with Gasteiger partial charge in [-0.25, -0.2) is 0 Å². The molecule has 0 heterocycles. The maximum absolute atomic E-state index is 12.2. The topological polar surface area (TPSA) is 101 Å². The number of nitrogens with zero attached hydrogens (tertiary/aromatic N) is 1. The van der Waals surface area contributed by atoms with Crippen molar-refractivity contribution < 1.29 is 14.5 Å². The number of benzene rings is 2. The molecular weight excluding hydrogens is 322 g/mol. The zero-order chi connectivity index (χ0) is 17.0. The normalized spacial score (nSPS) is 10.0. The number of nitro groups is 1. The number of nitro benzene ring substituents is 1. The smallest absolute Gasteiger partial charge is 0.288 e. The highest BCUT2D eigenvalue weighted by atomic mass is 35.5. The molecule has 0 spiro atoms. The monoisotopic (exact) mass is 333 g/mol. The van der Waals surface area contributed by atoms with Crippen LogP contribution >= 0.6 is 11.6 Å². The summed E-state index contributed by atoms with van der Waals surface area (Å²) in [5, 5.41) is 16.0. The number of para-hydroxylation sites is 2. The van der Waals surface area contributed by atoms with Crippen LogP contribution in [0.4, 0.5) is 17.1 Å². The van der Waals surface area contributed by atoms with Gasteiger partial charge in [-0.3, -0.25) is 19.7 Å². The van der Waals surface area contributed by atoms with Gasteiger partial charge in [0.25, 0.3) is 11.6 Å². The number of rotatable bonds is 4. The van der Waals surface area contributed by atoms with E-state index in [2.05, 4.69) is 10.6 Å². The number of anilines is 2. The van der Waals surface area contributed by atoms with Crippen molar-refractivity contribution in [1.82, 2.24) is 0 Å². The Morgan fingerprint density at radius 1 is 1.09 bits per heavy atom. The summed E-state index contributed by atoms with van der Waals surface area (Å²) in [5.41, 5.74) is 0.537. The number of halogens is 1. The van der Waals surface area contributed by atoms with Crippen LogP contribution in [0, 0.1) is 10.1 Å². The van der Waals surface area contributed by atoms with Crippen molar-refractivity contribution in [3.8, 4) is 0 Å². The van der Waals surface area contributed by atoms with E-state index in [1.807, 2.05) is 0 Å². The van der Waals surface area contributed by atoms with Gasteiger partial charge < -0.3 is 10.6 Å². The third kappa shape index (κ3) is 4.04. The predicted molar refractivity (Wildman–Crippen MR) is 86.8 cm³/mol. The summed E-state index contributed by atoms with van der Waals surface area (Å²) < 4.78 is 0. The molecule has 0 aliphatic rings. The van der Waals surface area contributed by atoms with Gasteiger partial charge in [0.2, 0.25) is 5.91 Å². The van der Waals surface area contributed by atoms with E-state index in [1.54, 1.807) is 24.3 Å². The van der Waals surface area contributed by atoms with Gasteiger partial charge in [-0.2, -0.15) is 0 Å². The third-order valence-electron chi connectivity index (χ3n) is 2.89. The molecule has 23 heavy (non-hydrogen) atoms. The summed E-state index contributed by atoms with van der Waals surface area (Å²) >= 11 is 5.72. The second-order valence-electron chi connectivity index (χ2n) is 4.60. The van der Waals surface area contributed by atoms with Crippen LogP contribution < -0.4 is 10.6 Å². The van der Waals surface area contributed by atoms with Gasteiger partial charge in [-0.15, -0.1) is 0 Å². The zero-order valence-electron chi connectivity index (χ0n) is 12.0. The van der Waals surface area contributed by atoms with Crippen LogP contribution in [-0.2, 0) is 4.79 Å². The Morgan fingerprint density at radius 3 is 2.26 bits per heavy atom. The molecule has 0 bridgehead atoms. The Hall–Kier alpha value is -2.93. The lowest BCUT2D eigenvalue weighted by Gasteiger charge is -2.11. The fraction of sp³-hybridized carbons (Fsp3) is 0.0667. The Morgan fingerprint density at radius 2 is 1.70 bits per heavy atom. The highest BCUT2D eigenvalue weighted by molar-refractivity contribution is 6.32. The van der Waals surface area contributed by atoms with Crippen LogP contribution in [-0.4, -0.2) is 16.7 Å². The van der Waals surface area contributed by atoms with Crippen molar-refractivity contribution in [2.75, 3.05) is 10.6 Å². The largest absolute Gasteiger partial charge is 0.325 e. The summed E-state index contributed by atoms with van der Waals surface area (Å²) in [4.78, 5) is 33.6. The molecule has 0 aliphatic heterocycles. The van der Waals surface area contributed by atoms with Crippen molar-refractivity contribution >= 4 is 40.5 Å². The first-order valence-electron chi connectivity index (χ1n) is 6.50. The SMILES string of the molecule is CC(=O)Nc1ccccc1NC(=O)c1ccc(Cl)c([N+](=O)[O-])c1. The quantitative estimate of drug-likeness (QED) is 0.660. The number of amides is 2. The Balaban J connectivity index is 2.28. The molecule has 0 fully saturated rings. The molecule has 2 aromatic carbocycles. The Bertz CT molecular complexity index is 792. The minimum Gasteiger partial charge on any atom is -0.325 e. The van der Waals surface area contributed by atoms with Gasteiger partial charge in [0.1, 0.15) is 5.02 Å². The first-order valence-corrected chi connectivity index (χ1v) is 6.88. The lowest BCUT2D eigenvalue weighted by molar-refractivity contribution is -0.384. The average molecular weight is 334 g/mol. The fourth-order valence-corrected chi connectivity index (χ4v) is 2.07. The molecular formula is C15H12ClN3O4. The van der Waals surface area contributed by atoms with Crippen LogP contribution in [0.5, 0.6) is 0 Å². The van der Waals surface area contributed by atoms with Crippen molar-refractivity contribution in [1.29, 1.82) is 0 Å². The molecule has 2 N–H and O–H groups in total. The summed E-state index contributed by atoms with van der Waals surface area (Å²) in [6.07, 6.45) is 0. The van der Waals surface area contributed by atoms with Crippen LogP contribution in [0.1, 0.15) is 17.3 Å². The van der Waals surface area contributed by atoms with Crippen LogP contribution in [0.25, 0.3) is 0 Å². The highest BCUT2D eigenvalue weighted by Gasteiger charge is 2.17. The molecule has 0 saturated heterocycles. The summed E-state index contributed by atoms with van der Waals surface area (Å²) in [6.45, 7) is 1.35. The number of carbonyl (C=O) groups is 2. The van der Waals surface area contributed by atoms with E-state index in [9.17, 15) is 19.7 Å². The third-order valence-corrected chi connectivity index (χ3v) is 3.21. The van der Waals surface area contributed by atoms with Crippen LogP contribution in [0.2, 0.25) is 5.02 Å². The molecule has 2 rings (SSSR count). The summed E-state index contributed by atoms with van der Waals surface area (Å²) in [7, 11) is 0. The second kappa shape index (κ2) is 6.89. The molecule has 0 aromatic heterocycles. The summed E-state index contributed by atoms with van der Waals surface area (Å²) in [6, 6.07) is 10.4. The maximum atomic E-state index is 12.2. The van der Waals surface area contributed by atoms with Gasteiger partial charge in [0.05, 0.1) is 16.3 Å². The standard InChI is InChI=1S/C15H12ClN3O4/c1-9(20)17-12-4-2-3-5-13(12)18-15(21)10-6-7-11(16)14(8-10)19(22)23/h2-8H,1H3,(H,17,20)(H,18,21). The van der Waals surface area contributed by atoms with Gasteiger partial charge in [-0.05, 0) is 24.3 Å². The minimum absolute atomic E-state index is 0.0507. The molecule has 8 heteroatoms. The van der Waals surface area contributed by atoms with Gasteiger partial charge in [-0.1, -0.05) is 23.7 Å². The Labute approximate surface area is 136 Å². The second-order valence-corrected chi connectivity index (χ2v) is 5.01. The van der Waals surface area contributed by atoms with E-state index in [1.165, 1.54) is 19.1 Å². The van der Waals surface area contributed by atoms with E-state index >= 15 is 0 Å². The molecule has 2 aromatic rings. The minimum atomic E-state index is -0.662. The number of carbonyl (C=O) groups excluding carboxylic acids is 2.